The van der Waals surface area contributed by atoms with Gasteiger partial charge >= 0.3 is 0 Å². The number of nitrogens with zero attached hydrogens (tertiary/aromatic N) is 5. The van der Waals surface area contributed by atoms with Crippen LogP contribution >= 0.6 is 0 Å². The number of carbonyl (C=O) groups excluding carboxylic acids is 1. The highest BCUT2D eigenvalue weighted by atomic mass is 16.2. The van der Waals surface area contributed by atoms with Crippen LogP contribution in [0.5, 0.6) is 0 Å². The van der Waals surface area contributed by atoms with Crippen LogP contribution in [0.15, 0.2) is 78.0 Å². The van der Waals surface area contributed by atoms with E-state index in [1.807, 2.05) is 67.6 Å². The van der Waals surface area contributed by atoms with E-state index in [0.717, 1.165) is 11.3 Å². The second-order valence-corrected chi connectivity index (χ2v) is 6.70. The van der Waals surface area contributed by atoms with Crippen LogP contribution in [-0.4, -0.2) is 36.7 Å². The first-order chi connectivity index (χ1) is 14.2. The maximum Gasteiger partial charge on any atom is 0.264 e. The molecule has 7 heteroatoms. The van der Waals surface area contributed by atoms with Gasteiger partial charge in [-0.3, -0.25) is 14.2 Å². The molecule has 0 aliphatic heterocycles. The number of fused-ring (bicyclic) bond motifs is 1. The average Bonchev–Trinajstić information content (AvgIpc) is 3.20. The quantitative estimate of drug-likeness (QED) is 0.510. The van der Waals surface area contributed by atoms with Crippen LogP contribution in [0.4, 0.5) is 0 Å². The first-order valence-corrected chi connectivity index (χ1v) is 9.47. The summed E-state index contributed by atoms with van der Waals surface area (Å²) in [6.45, 7) is 2.94. The average molecular weight is 387 g/mol. The summed E-state index contributed by atoms with van der Waals surface area (Å²) in [6.07, 6.45) is 2.92. The van der Waals surface area contributed by atoms with Gasteiger partial charge in [-0.1, -0.05) is 48.5 Å². The number of hydrogen-bond donors (Lipinski definition) is 0. The Morgan fingerprint density at radius 3 is 2.41 bits per heavy atom. The molecule has 2 aromatic heterocycles. The van der Waals surface area contributed by atoms with E-state index in [0.29, 0.717) is 24.1 Å². The van der Waals surface area contributed by atoms with Crippen LogP contribution in [0.3, 0.4) is 0 Å². The van der Waals surface area contributed by atoms with Crippen molar-refractivity contribution in [1.29, 1.82) is 0 Å². The van der Waals surface area contributed by atoms with E-state index in [9.17, 15) is 9.59 Å². The van der Waals surface area contributed by atoms with Crippen molar-refractivity contribution in [3.05, 3.63) is 89.1 Å². The molecule has 1 amide bonds. The third-order valence-electron chi connectivity index (χ3n) is 4.81. The van der Waals surface area contributed by atoms with Crippen molar-refractivity contribution in [3.63, 3.8) is 0 Å². The maximum absolute atomic E-state index is 12.9. The van der Waals surface area contributed by atoms with Crippen LogP contribution < -0.4 is 5.56 Å². The van der Waals surface area contributed by atoms with Crippen molar-refractivity contribution in [2.75, 3.05) is 6.54 Å². The Hall–Kier alpha value is -3.74. The normalized spacial score (nSPS) is 10.9. The van der Waals surface area contributed by atoms with E-state index in [4.69, 9.17) is 0 Å². The van der Waals surface area contributed by atoms with Crippen LogP contribution in [0, 0.1) is 0 Å². The maximum atomic E-state index is 12.9. The highest BCUT2D eigenvalue weighted by molar-refractivity contribution is 5.78. The topological polar surface area (TPSA) is 73.0 Å². The van der Waals surface area contributed by atoms with Gasteiger partial charge in [0.25, 0.3) is 5.56 Å². The number of carbonyl (C=O) groups is 1. The Morgan fingerprint density at radius 2 is 1.72 bits per heavy atom. The van der Waals surface area contributed by atoms with Gasteiger partial charge in [-0.2, -0.15) is 5.10 Å². The fourth-order valence-electron chi connectivity index (χ4n) is 3.25. The summed E-state index contributed by atoms with van der Waals surface area (Å²) in [5.41, 5.74) is 2.07. The molecule has 2 aromatic carbocycles. The van der Waals surface area contributed by atoms with E-state index < -0.39 is 0 Å². The van der Waals surface area contributed by atoms with Crippen LogP contribution in [0.25, 0.3) is 16.7 Å². The molecule has 7 nitrogen and oxygen atoms in total. The molecule has 0 saturated carbocycles. The monoisotopic (exact) mass is 387 g/mol. The van der Waals surface area contributed by atoms with Crippen molar-refractivity contribution in [2.45, 2.75) is 20.0 Å². The summed E-state index contributed by atoms with van der Waals surface area (Å²) in [7, 11) is 0. The number of hydrogen-bond acceptors (Lipinski definition) is 4. The van der Waals surface area contributed by atoms with Crippen molar-refractivity contribution >= 4 is 16.9 Å². The minimum Gasteiger partial charge on any atom is -0.337 e. The van der Waals surface area contributed by atoms with E-state index >= 15 is 0 Å². The molecule has 29 heavy (non-hydrogen) atoms. The fourth-order valence-corrected chi connectivity index (χ4v) is 3.25. The Kier molecular flexibility index (Phi) is 5.20. The molecule has 4 aromatic rings. The summed E-state index contributed by atoms with van der Waals surface area (Å²) in [6, 6.07) is 19.3. The van der Waals surface area contributed by atoms with Crippen molar-refractivity contribution in [1.82, 2.24) is 24.2 Å². The van der Waals surface area contributed by atoms with E-state index in [2.05, 4.69) is 10.1 Å². The van der Waals surface area contributed by atoms with Gasteiger partial charge in [-0.15, -0.1) is 0 Å². The Labute approximate surface area is 167 Å². The van der Waals surface area contributed by atoms with E-state index in [1.165, 1.54) is 17.1 Å². The second kappa shape index (κ2) is 8.10. The third kappa shape index (κ3) is 3.80. The smallest absolute Gasteiger partial charge is 0.264 e. The SMILES string of the molecule is CCN(Cc1ccccc1)C(=O)Cn1cnc2c(cnn2-c2ccccc2)c1=O. The Bertz CT molecular complexity index is 1180. The molecule has 146 valence electrons. The van der Waals surface area contributed by atoms with Gasteiger partial charge in [0, 0.05) is 13.1 Å². The summed E-state index contributed by atoms with van der Waals surface area (Å²) in [4.78, 5) is 31.8. The lowest BCUT2D eigenvalue weighted by Crippen LogP contribution is -2.36. The molecular weight excluding hydrogens is 366 g/mol. The predicted octanol–water partition coefficient (Wildman–Crippen LogP) is 2.63. The zero-order chi connectivity index (χ0) is 20.2. The van der Waals surface area contributed by atoms with Gasteiger partial charge in [0.1, 0.15) is 18.3 Å². The molecule has 2 heterocycles. The number of para-hydroxylation sites is 1. The third-order valence-corrected chi connectivity index (χ3v) is 4.81. The van der Waals surface area contributed by atoms with Crippen molar-refractivity contribution in [2.24, 2.45) is 0 Å². The standard InChI is InChI=1S/C22H21N5O2/c1-2-25(14-17-9-5-3-6-10-17)20(28)15-26-16-23-21-19(22(26)29)13-24-27(21)18-11-7-4-8-12-18/h3-13,16H,2,14-15H2,1H3. The summed E-state index contributed by atoms with van der Waals surface area (Å²) < 4.78 is 2.96. The van der Waals surface area contributed by atoms with Gasteiger partial charge < -0.3 is 4.90 Å². The van der Waals surface area contributed by atoms with Gasteiger partial charge in [-0.05, 0) is 24.6 Å². The molecule has 0 bridgehead atoms. The largest absolute Gasteiger partial charge is 0.337 e. The summed E-state index contributed by atoms with van der Waals surface area (Å²) in [5.74, 6) is -0.130. The van der Waals surface area contributed by atoms with Crippen molar-refractivity contribution in [3.8, 4) is 5.69 Å². The highest BCUT2D eigenvalue weighted by Gasteiger charge is 2.16. The van der Waals surface area contributed by atoms with Crippen LogP contribution in [0.2, 0.25) is 0 Å². The number of rotatable bonds is 6. The first kappa shape index (κ1) is 18.6. The number of aromatic nitrogens is 4. The lowest BCUT2D eigenvalue weighted by Gasteiger charge is -2.21. The van der Waals surface area contributed by atoms with Gasteiger partial charge in [0.2, 0.25) is 5.91 Å². The van der Waals surface area contributed by atoms with Gasteiger partial charge in [0.05, 0.1) is 11.9 Å². The molecule has 0 fully saturated rings. The zero-order valence-electron chi connectivity index (χ0n) is 16.1. The molecule has 0 radical (unpaired) electrons. The number of amides is 1. The zero-order valence-corrected chi connectivity index (χ0v) is 16.1. The fraction of sp³-hybridized carbons (Fsp3) is 0.182. The predicted molar refractivity (Wildman–Crippen MR) is 111 cm³/mol. The highest BCUT2D eigenvalue weighted by Crippen LogP contribution is 2.13. The number of benzene rings is 2. The summed E-state index contributed by atoms with van der Waals surface area (Å²) >= 11 is 0. The number of likely N-dealkylation sites (N-methyl/N-ethyl adjacent to an activating group) is 1. The van der Waals surface area contributed by atoms with Gasteiger partial charge in [-0.25, -0.2) is 9.67 Å². The van der Waals surface area contributed by atoms with Crippen LogP contribution in [-0.2, 0) is 17.9 Å². The molecule has 4 rings (SSSR count). The van der Waals surface area contributed by atoms with Gasteiger partial charge in [0.15, 0.2) is 5.65 Å². The Morgan fingerprint density at radius 1 is 1.03 bits per heavy atom. The molecule has 0 aliphatic carbocycles. The molecule has 0 unspecified atom stereocenters. The lowest BCUT2D eigenvalue weighted by atomic mass is 10.2. The molecule has 0 atom stereocenters. The van der Waals surface area contributed by atoms with E-state index in [1.54, 1.807) is 9.58 Å². The van der Waals surface area contributed by atoms with E-state index in [-0.39, 0.29) is 18.0 Å². The molecule has 0 spiro atoms. The van der Waals surface area contributed by atoms with Crippen LogP contribution in [0.1, 0.15) is 12.5 Å². The minimum atomic E-state index is -0.277. The first-order valence-electron chi connectivity index (χ1n) is 9.47. The summed E-state index contributed by atoms with van der Waals surface area (Å²) in [5, 5.41) is 4.68. The Balaban J connectivity index is 1.59. The van der Waals surface area contributed by atoms with Crippen molar-refractivity contribution < 1.29 is 4.79 Å². The molecule has 0 saturated heterocycles. The molecule has 0 aliphatic rings. The lowest BCUT2D eigenvalue weighted by molar-refractivity contribution is -0.132. The minimum absolute atomic E-state index is 0.0566. The molecular formula is C22H21N5O2. The second-order valence-electron chi connectivity index (χ2n) is 6.70. The molecule has 0 N–H and O–H groups in total.